The molecule has 2 aromatic rings. The standard InChI is InChI=1S/C27H34O5/c1-5-16-31-24-12-9-11-22(19-24)17-20(2)18-23-14-15-25(32-27(23)29)21(3)10-7-6-8-13-26(28)30-4/h6,8-9,11-12,14-15,17,19,21H,5,7,10,13,16,18H2,1-4H3/b8-6+,20-17?. The van der Waals surface area contributed by atoms with Gasteiger partial charge in [-0.05, 0) is 56.0 Å². The predicted octanol–water partition coefficient (Wildman–Crippen LogP) is 6.08. The summed E-state index contributed by atoms with van der Waals surface area (Å²) in [6.45, 7) is 6.82. The van der Waals surface area contributed by atoms with Crippen molar-refractivity contribution in [3.63, 3.8) is 0 Å². The summed E-state index contributed by atoms with van der Waals surface area (Å²) >= 11 is 0. The molecule has 0 aliphatic heterocycles. The number of rotatable bonds is 12. The van der Waals surface area contributed by atoms with Gasteiger partial charge in [-0.2, -0.15) is 0 Å². The molecule has 0 saturated carbocycles. The van der Waals surface area contributed by atoms with Gasteiger partial charge in [0.15, 0.2) is 0 Å². The molecule has 5 heteroatoms. The van der Waals surface area contributed by atoms with Crippen molar-refractivity contribution in [3.8, 4) is 5.75 Å². The van der Waals surface area contributed by atoms with Gasteiger partial charge in [-0.3, -0.25) is 4.79 Å². The Balaban J connectivity index is 1.95. The molecule has 5 nitrogen and oxygen atoms in total. The van der Waals surface area contributed by atoms with Crippen LogP contribution in [0.4, 0.5) is 0 Å². The summed E-state index contributed by atoms with van der Waals surface area (Å²) in [7, 11) is 1.38. The third kappa shape index (κ3) is 8.58. The van der Waals surface area contributed by atoms with E-state index in [0.717, 1.165) is 36.1 Å². The van der Waals surface area contributed by atoms with E-state index in [1.54, 1.807) is 6.08 Å². The molecule has 1 aromatic carbocycles. The van der Waals surface area contributed by atoms with Crippen LogP contribution in [0, 0.1) is 0 Å². The maximum atomic E-state index is 12.5. The van der Waals surface area contributed by atoms with Crippen molar-refractivity contribution in [2.75, 3.05) is 13.7 Å². The summed E-state index contributed by atoms with van der Waals surface area (Å²) in [4.78, 5) is 23.6. The van der Waals surface area contributed by atoms with Crippen molar-refractivity contribution in [2.24, 2.45) is 0 Å². The molecular weight excluding hydrogens is 404 g/mol. The molecule has 0 fully saturated rings. The van der Waals surface area contributed by atoms with Gasteiger partial charge < -0.3 is 13.9 Å². The first-order chi connectivity index (χ1) is 15.4. The lowest BCUT2D eigenvalue weighted by atomic mass is 10.0. The van der Waals surface area contributed by atoms with E-state index < -0.39 is 0 Å². The SMILES string of the molecule is CCCOc1cccc(C=C(C)Cc2ccc(C(C)CC/C=C/CC(=O)OC)oc2=O)c1. The Morgan fingerprint density at radius 2 is 2.00 bits per heavy atom. The fourth-order valence-corrected chi connectivity index (χ4v) is 3.27. The number of allylic oxidation sites excluding steroid dienone is 2. The Kier molecular flexibility index (Phi) is 10.5. The fourth-order valence-electron chi connectivity index (χ4n) is 3.27. The van der Waals surface area contributed by atoms with Crippen molar-refractivity contribution in [1.29, 1.82) is 0 Å². The molecule has 0 aliphatic carbocycles. The van der Waals surface area contributed by atoms with Gasteiger partial charge >= 0.3 is 11.6 Å². The minimum absolute atomic E-state index is 0.113. The Bertz CT molecular complexity index is 984. The van der Waals surface area contributed by atoms with Crippen LogP contribution in [0.5, 0.6) is 5.75 Å². The average Bonchev–Trinajstić information content (AvgIpc) is 2.78. The van der Waals surface area contributed by atoms with Gasteiger partial charge in [0.1, 0.15) is 11.5 Å². The highest BCUT2D eigenvalue weighted by molar-refractivity contribution is 5.70. The number of benzene rings is 1. The molecule has 0 aliphatic rings. The zero-order valence-corrected chi connectivity index (χ0v) is 19.6. The van der Waals surface area contributed by atoms with Crippen molar-refractivity contribution in [1.82, 2.24) is 0 Å². The topological polar surface area (TPSA) is 65.7 Å². The lowest BCUT2D eigenvalue weighted by Crippen LogP contribution is -2.10. The van der Waals surface area contributed by atoms with Gasteiger partial charge in [-0.25, -0.2) is 4.79 Å². The molecule has 0 bridgehead atoms. The smallest absolute Gasteiger partial charge is 0.339 e. The molecule has 1 aromatic heterocycles. The monoisotopic (exact) mass is 438 g/mol. The van der Waals surface area contributed by atoms with Crippen LogP contribution in [0.25, 0.3) is 6.08 Å². The Hall–Kier alpha value is -3.08. The minimum atomic E-state index is -0.289. The molecule has 0 saturated heterocycles. The molecule has 1 atom stereocenters. The number of esters is 1. The van der Waals surface area contributed by atoms with Crippen LogP contribution in [0.1, 0.15) is 69.3 Å². The van der Waals surface area contributed by atoms with Crippen LogP contribution in [0.2, 0.25) is 0 Å². The first-order valence-corrected chi connectivity index (χ1v) is 11.2. The maximum absolute atomic E-state index is 12.5. The van der Waals surface area contributed by atoms with Gasteiger partial charge in [0.2, 0.25) is 0 Å². The van der Waals surface area contributed by atoms with E-state index >= 15 is 0 Å². The first kappa shape index (κ1) is 25.2. The van der Waals surface area contributed by atoms with E-state index in [1.165, 1.54) is 7.11 Å². The fraction of sp³-hybridized carbons (Fsp3) is 0.407. The first-order valence-electron chi connectivity index (χ1n) is 11.2. The van der Waals surface area contributed by atoms with Gasteiger partial charge in [0.05, 0.1) is 20.1 Å². The lowest BCUT2D eigenvalue weighted by molar-refractivity contribution is -0.139. The van der Waals surface area contributed by atoms with Crippen LogP contribution in [-0.2, 0) is 16.0 Å². The molecule has 172 valence electrons. The second-order valence-electron chi connectivity index (χ2n) is 7.97. The molecule has 0 amide bonds. The van der Waals surface area contributed by atoms with Crippen LogP contribution >= 0.6 is 0 Å². The van der Waals surface area contributed by atoms with Crippen LogP contribution in [-0.4, -0.2) is 19.7 Å². The van der Waals surface area contributed by atoms with Crippen LogP contribution in [0.3, 0.4) is 0 Å². The Morgan fingerprint density at radius 3 is 2.72 bits per heavy atom. The highest BCUT2D eigenvalue weighted by Gasteiger charge is 2.11. The van der Waals surface area contributed by atoms with Crippen LogP contribution in [0.15, 0.2) is 63.3 Å². The third-order valence-electron chi connectivity index (χ3n) is 5.07. The van der Waals surface area contributed by atoms with Crippen LogP contribution < -0.4 is 10.4 Å². The van der Waals surface area contributed by atoms with Crippen molar-refractivity contribution in [3.05, 3.63) is 81.4 Å². The van der Waals surface area contributed by atoms with E-state index in [9.17, 15) is 9.59 Å². The summed E-state index contributed by atoms with van der Waals surface area (Å²) in [5.74, 6) is 1.40. The molecule has 1 heterocycles. The normalized spacial score (nSPS) is 12.7. The molecule has 2 rings (SSSR count). The molecule has 1 unspecified atom stereocenters. The highest BCUT2D eigenvalue weighted by atomic mass is 16.5. The predicted molar refractivity (Wildman–Crippen MR) is 128 cm³/mol. The molecule has 32 heavy (non-hydrogen) atoms. The van der Waals surface area contributed by atoms with Gasteiger partial charge in [0, 0.05) is 17.9 Å². The number of carbonyl (C=O) groups is 1. The zero-order valence-electron chi connectivity index (χ0n) is 19.6. The van der Waals surface area contributed by atoms with Crippen molar-refractivity contribution in [2.45, 2.75) is 58.8 Å². The number of methoxy groups -OCH3 is 1. The average molecular weight is 439 g/mol. The summed E-state index contributed by atoms with van der Waals surface area (Å²) in [6, 6.07) is 11.7. The van der Waals surface area contributed by atoms with E-state index in [-0.39, 0.29) is 23.9 Å². The zero-order chi connectivity index (χ0) is 23.3. The number of hydrogen-bond donors (Lipinski definition) is 0. The van der Waals surface area contributed by atoms with Crippen molar-refractivity contribution >= 4 is 12.0 Å². The quantitative estimate of drug-likeness (QED) is 0.297. The molecule has 0 spiro atoms. The van der Waals surface area contributed by atoms with E-state index in [0.29, 0.717) is 24.4 Å². The Morgan fingerprint density at radius 1 is 1.19 bits per heavy atom. The maximum Gasteiger partial charge on any atom is 0.339 e. The van der Waals surface area contributed by atoms with E-state index in [2.05, 4.69) is 17.7 Å². The van der Waals surface area contributed by atoms with Crippen molar-refractivity contribution < 1.29 is 18.7 Å². The lowest BCUT2D eigenvalue weighted by Gasteiger charge is -2.10. The molecular formula is C27H34O5. The summed E-state index contributed by atoms with van der Waals surface area (Å²) in [5.41, 5.74) is 2.47. The molecule has 0 N–H and O–H groups in total. The number of hydrogen-bond acceptors (Lipinski definition) is 5. The summed E-state index contributed by atoms with van der Waals surface area (Å²) in [5, 5.41) is 0. The summed E-state index contributed by atoms with van der Waals surface area (Å²) in [6.07, 6.45) is 9.23. The van der Waals surface area contributed by atoms with Gasteiger partial charge in [-0.1, -0.05) is 49.8 Å². The summed E-state index contributed by atoms with van der Waals surface area (Å²) < 4.78 is 15.9. The van der Waals surface area contributed by atoms with E-state index in [4.69, 9.17) is 9.15 Å². The third-order valence-corrected chi connectivity index (χ3v) is 5.07. The second-order valence-corrected chi connectivity index (χ2v) is 7.97. The van der Waals surface area contributed by atoms with Gasteiger partial charge in [-0.15, -0.1) is 0 Å². The highest BCUT2D eigenvalue weighted by Crippen LogP contribution is 2.21. The minimum Gasteiger partial charge on any atom is -0.494 e. The number of ether oxygens (including phenoxy) is 2. The Labute approximate surface area is 190 Å². The second kappa shape index (κ2) is 13.4. The van der Waals surface area contributed by atoms with Gasteiger partial charge in [0.25, 0.3) is 0 Å². The number of carbonyl (C=O) groups excluding carboxylic acids is 1. The molecule has 0 radical (unpaired) electrons. The largest absolute Gasteiger partial charge is 0.494 e. The van der Waals surface area contributed by atoms with E-state index in [1.807, 2.05) is 56.3 Å².